The van der Waals surface area contributed by atoms with E-state index in [0.717, 1.165) is 75.7 Å². The van der Waals surface area contributed by atoms with Gasteiger partial charge in [-0.2, -0.15) is 0 Å². The van der Waals surface area contributed by atoms with E-state index in [0.29, 0.717) is 29.7 Å². The monoisotopic (exact) mass is 710 g/mol. The number of carbonyl (C=O) groups is 4. The minimum atomic E-state index is -0.629. The number of aromatic nitrogens is 4. The molecule has 0 radical (unpaired) electrons. The summed E-state index contributed by atoms with van der Waals surface area (Å²) in [5.74, 6) is 1.38. The van der Waals surface area contributed by atoms with Gasteiger partial charge in [-0.15, -0.1) is 0 Å². The summed E-state index contributed by atoms with van der Waals surface area (Å²) in [4.78, 5) is 67.9. The molecule has 2 bridgehead atoms. The molecule has 13 nitrogen and oxygen atoms in total. The minimum absolute atomic E-state index is 0.0616. The summed E-state index contributed by atoms with van der Waals surface area (Å²) >= 11 is 6.83. The average molecular weight is 711 g/mol. The van der Waals surface area contributed by atoms with Gasteiger partial charge in [-0.1, -0.05) is 48.9 Å². The zero-order valence-corrected chi connectivity index (χ0v) is 29.1. The Kier molecular flexibility index (Phi) is 9.63. The lowest BCUT2D eigenvalue weighted by molar-refractivity contribution is -0.135. The van der Waals surface area contributed by atoms with Crippen molar-refractivity contribution in [1.29, 1.82) is 0 Å². The second kappa shape index (κ2) is 14.4. The lowest BCUT2D eigenvalue weighted by Gasteiger charge is -2.34. The third-order valence-electron chi connectivity index (χ3n) is 9.95. The number of imidazole rings is 2. The van der Waals surface area contributed by atoms with Gasteiger partial charge in [0.15, 0.2) is 0 Å². The van der Waals surface area contributed by atoms with Crippen LogP contribution < -0.4 is 10.6 Å². The van der Waals surface area contributed by atoms with Gasteiger partial charge < -0.3 is 35.1 Å². The number of benzene rings is 3. The second-order valence-electron chi connectivity index (χ2n) is 13.1. The number of alkyl carbamates (subject to hydrolysis) is 1. The van der Waals surface area contributed by atoms with Crippen molar-refractivity contribution < 1.29 is 23.9 Å². The minimum Gasteiger partial charge on any atom is -0.453 e. The molecule has 1 aliphatic heterocycles. The Morgan fingerprint density at radius 3 is 2.69 bits per heavy atom. The number of likely N-dealkylation sites (tertiary alicyclic amines) is 1. The number of H-pyrrole nitrogens is 2. The number of nitrogens with one attached hydrogen (secondary N) is 4. The van der Waals surface area contributed by atoms with Gasteiger partial charge in [0.2, 0.25) is 18.2 Å². The zero-order valence-electron chi connectivity index (χ0n) is 28.4. The van der Waals surface area contributed by atoms with Crippen molar-refractivity contribution >= 4 is 57.7 Å². The van der Waals surface area contributed by atoms with Gasteiger partial charge in [-0.3, -0.25) is 14.4 Å². The molecule has 1 aliphatic carbocycles. The summed E-state index contributed by atoms with van der Waals surface area (Å²) in [6.07, 6.45) is 5.28. The van der Waals surface area contributed by atoms with Gasteiger partial charge in [-0.05, 0) is 66.3 Å². The summed E-state index contributed by atoms with van der Waals surface area (Å²) in [6, 6.07) is 16.2. The van der Waals surface area contributed by atoms with Gasteiger partial charge >= 0.3 is 6.09 Å². The number of ether oxygens (including phenoxy) is 1. The number of fused-ring (bicyclic) bond motifs is 5. The predicted molar refractivity (Wildman–Crippen MR) is 193 cm³/mol. The highest BCUT2D eigenvalue weighted by Gasteiger charge is 2.49. The maximum Gasteiger partial charge on any atom is 0.407 e. The lowest BCUT2D eigenvalue weighted by Crippen LogP contribution is -2.45. The van der Waals surface area contributed by atoms with Crippen molar-refractivity contribution in [3.05, 3.63) is 71.4 Å². The molecular formula is C37H39ClN8O5. The lowest BCUT2D eigenvalue weighted by atomic mass is 9.98. The standard InChI is InChI=1S/C37H39ClN8O5/c1-3-12-45(32(48)17-39-20-47)19-31-40-16-30(42-31)27-10-6-22(15-28(27)38)21-5-9-26-23(13-21)7-11-29-34(26)44-36(43-29)35-24-4-8-25(14-24)46(35)33(49)18-41-37(50)51-2/h5-7,9-11,13,15-16,20,24-25,35H,3-4,8,12,14,17-19H2,1-2H3,(H,39,47)(H,40,42)(H,41,50)(H,43,44)/t24-,25+,35-/m0/s1. The smallest absolute Gasteiger partial charge is 0.407 e. The van der Waals surface area contributed by atoms with Crippen molar-refractivity contribution in [2.24, 2.45) is 5.92 Å². The maximum atomic E-state index is 13.3. The fraction of sp³-hybridized carbons (Fsp3) is 0.351. The molecule has 1 saturated heterocycles. The van der Waals surface area contributed by atoms with E-state index in [1.807, 2.05) is 36.1 Å². The molecular weight excluding hydrogens is 672 g/mol. The van der Waals surface area contributed by atoms with Crippen LogP contribution in [0, 0.1) is 5.92 Å². The molecule has 264 valence electrons. The van der Waals surface area contributed by atoms with Crippen LogP contribution in [-0.4, -0.2) is 86.8 Å². The van der Waals surface area contributed by atoms with Gasteiger partial charge in [0.1, 0.15) is 18.2 Å². The van der Waals surface area contributed by atoms with Gasteiger partial charge in [-0.25, -0.2) is 14.8 Å². The van der Waals surface area contributed by atoms with E-state index in [1.165, 1.54) is 7.11 Å². The maximum absolute atomic E-state index is 13.3. The molecule has 5 aromatic rings. The average Bonchev–Trinajstić information content (AvgIpc) is 3.96. The molecule has 4 N–H and O–H groups in total. The van der Waals surface area contributed by atoms with E-state index in [4.69, 9.17) is 16.6 Å². The normalized spacial score (nSPS) is 17.9. The molecule has 4 amide bonds. The molecule has 0 spiro atoms. The van der Waals surface area contributed by atoms with Crippen LogP contribution in [-0.2, 0) is 25.7 Å². The Labute approximate surface area is 299 Å². The molecule has 14 heteroatoms. The first-order chi connectivity index (χ1) is 24.8. The van der Waals surface area contributed by atoms with Gasteiger partial charge in [0, 0.05) is 23.5 Å². The van der Waals surface area contributed by atoms with E-state index in [1.54, 1.807) is 11.1 Å². The third-order valence-corrected chi connectivity index (χ3v) is 10.3. The molecule has 2 fully saturated rings. The first-order valence-corrected chi connectivity index (χ1v) is 17.5. The van der Waals surface area contributed by atoms with Crippen LogP contribution in [0.4, 0.5) is 4.79 Å². The predicted octanol–water partition coefficient (Wildman–Crippen LogP) is 5.32. The van der Waals surface area contributed by atoms with E-state index < -0.39 is 6.09 Å². The third kappa shape index (κ3) is 6.73. The summed E-state index contributed by atoms with van der Waals surface area (Å²) in [6.45, 7) is 2.64. The van der Waals surface area contributed by atoms with Crippen molar-refractivity contribution in [2.75, 3.05) is 26.7 Å². The number of piperidine rings is 1. The first kappa shape index (κ1) is 34.0. The van der Waals surface area contributed by atoms with Gasteiger partial charge in [0.05, 0.1) is 54.2 Å². The molecule has 3 atom stereocenters. The van der Waals surface area contributed by atoms with E-state index in [9.17, 15) is 19.2 Å². The number of amides is 4. The van der Waals surface area contributed by atoms with Crippen molar-refractivity contribution in [1.82, 2.24) is 40.4 Å². The Bertz CT molecular complexity index is 2130. The number of hydrogen-bond acceptors (Lipinski definition) is 7. The Morgan fingerprint density at radius 1 is 1.08 bits per heavy atom. The number of carbonyl (C=O) groups excluding carboxylic acids is 4. The molecule has 51 heavy (non-hydrogen) atoms. The van der Waals surface area contributed by atoms with E-state index >= 15 is 0 Å². The highest BCUT2D eigenvalue weighted by Crippen LogP contribution is 2.50. The number of aromatic amines is 2. The summed E-state index contributed by atoms with van der Waals surface area (Å²) < 4.78 is 4.65. The molecule has 3 heterocycles. The van der Waals surface area contributed by atoms with Crippen LogP contribution in [0.25, 0.3) is 44.2 Å². The largest absolute Gasteiger partial charge is 0.453 e. The fourth-order valence-corrected chi connectivity index (χ4v) is 7.91. The van der Waals surface area contributed by atoms with Crippen molar-refractivity contribution in [2.45, 2.75) is 51.2 Å². The molecule has 2 aliphatic rings. The zero-order chi connectivity index (χ0) is 35.6. The Balaban J connectivity index is 1.10. The first-order valence-electron chi connectivity index (χ1n) is 17.1. The second-order valence-corrected chi connectivity index (χ2v) is 13.5. The highest BCUT2D eigenvalue weighted by molar-refractivity contribution is 6.33. The van der Waals surface area contributed by atoms with E-state index in [-0.39, 0.29) is 43.5 Å². The van der Waals surface area contributed by atoms with Crippen molar-refractivity contribution in [3.63, 3.8) is 0 Å². The highest BCUT2D eigenvalue weighted by atomic mass is 35.5. The van der Waals surface area contributed by atoms with Crippen molar-refractivity contribution in [3.8, 4) is 22.4 Å². The number of methoxy groups -OCH3 is 1. The number of hydrogen-bond donors (Lipinski definition) is 4. The van der Waals surface area contributed by atoms with Crippen LogP contribution in [0.5, 0.6) is 0 Å². The Hall–Kier alpha value is -5.43. The van der Waals surface area contributed by atoms with Crippen LogP contribution in [0.3, 0.4) is 0 Å². The van der Waals surface area contributed by atoms with Crippen LogP contribution in [0.1, 0.15) is 50.3 Å². The summed E-state index contributed by atoms with van der Waals surface area (Å²) in [5, 5.41) is 7.53. The number of rotatable bonds is 12. The van der Waals surface area contributed by atoms with E-state index in [2.05, 4.69) is 54.6 Å². The SMILES string of the molecule is CCCN(Cc1ncc(-c2ccc(-c3ccc4c(ccc5[nH]c([C@@H]6[C@H]7CC[C@H](C7)N6C(=O)CNC(=O)OC)nc54)c3)cc2Cl)[nH]1)C(=O)CNC=O. The summed E-state index contributed by atoms with van der Waals surface area (Å²) in [5.41, 5.74) is 5.22. The van der Waals surface area contributed by atoms with Crippen LogP contribution in [0.2, 0.25) is 5.02 Å². The molecule has 0 unspecified atom stereocenters. The molecule has 2 aromatic heterocycles. The quantitative estimate of drug-likeness (QED) is 0.127. The van der Waals surface area contributed by atoms with Crippen LogP contribution in [0.15, 0.2) is 54.7 Å². The number of halogens is 1. The molecule has 7 rings (SSSR count). The molecule has 3 aromatic carbocycles. The summed E-state index contributed by atoms with van der Waals surface area (Å²) in [7, 11) is 1.28. The molecule has 1 saturated carbocycles. The fourth-order valence-electron chi connectivity index (χ4n) is 7.63. The van der Waals surface area contributed by atoms with Gasteiger partial charge in [0.25, 0.3) is 0 Å². The van der Waals surface area contributed by atoms with Crippen LogP contribution >= 0.6 is 11.6 Å². The topological polar surface area (TPSA) is 165 Å². The Morgan fingerprint density at radius 2 is 1.90 bits per heavy atom. The number of nitrogens with zero attached hydrogens (tertiary/aromatic N) is 4.